The fourth-order valence-electron chi connectivity index (χ4n) is 7.88. The van der Waals surface area contributed by atoms with Crippen molar-refractivity contribution in [1.82, 2.24) is 20.0 Å². The van der Waals surface area contributed by atoms with Gasteiger partial charge in [-0.1, -0.05) is 36.8 Å². The van der Waals surface area contributed by atoms with Crippen molar-refractivity contribution in [3.8, 4) is 6.07 Å². The molecule has 1 unspecified atom stereocenters. The van der Waals surface area contributed by atoms with Gasteiger partial charge < -0.3 is 20.2 Å². The average molecular weight is 617 g/mol. The molecule has 0 radical (unpaired) electrons. The van der Waals surface area contributed by atoms with Crippen LogP contribution >= 0.6 is 0 Å². The lowest BCUT2D eigenvalue weighted by molar-refractivity contribution is 0.0950. The first-order chi connectivity index (χ1) is 21.2. The number of aryl methyl sites for hydroxylation is 1. The molecule has 1 aromatic heterocycles. The van der Waals surface area contributed by atoms with Crippen LogP contribution in [0.25, 0.3) is 0 Å². The Morgan fingerprint density at radius 1 is 1.05 bits per heavy atom. The number of likely N-dealkylation sites (tertiary alicyclic amines) is 1. The number of benzene rings is 2. The predicted octanol–water partition coefficient (Wildman–Crippen LogP) is 4.30. The molecule has 1 aliphatic carbocycles. The summed E-state index contributed by atoms with van der Waals surface area (Å²) in [7, 11) is -1.89. The van der Waals surface area contributed by atoms with Gasteiger partial charge in [-0.15, -0.1) is 0 Å². The van der Waals surface area contributed by atoms with Gasteiger partial charge in [0, 0.05) is 56.4 Å². The minimum Gasteiger partial charge on any atom is -0.465 e. The summed E-state index contributed by atoms with van der Waals surface area (Å²) in [5.74, 6) is 0.638. The number of amides is 1. The molecular formula is C33H40N6O4S. The third-order valence-electron chi connectivity index (χ3n) is 10.1. The lowest BCUT2D eigenvalue weighted by Gasteiger charge is -2.48. The Kier molecular flexibility index (Phi) is 8.40. The molecule has 0 bridgehead atoms. The SMILES string of the molecule is Cn1cc(S(=O)(=O)c2ccc(N3CC(CN4CCC(C(C#N)(c5ccccc5)[C@@H]5CCC[C@H]5NC(=O)O)CC4)C3)cc2)cn1. The highest BCUT2D eigenvalue weighted by Crippen LogP contribution is 2.50. The number of anilines is 1. The molecule has 0 spiro atoms. The van der Waals surface area contributed by atoms with Crippen molar-refractivity contribution >= 4 is 21.6 Å². The van der Waals surface area contributed by atoms with Gasteiger partial charge in [-0.3, -0.25) is 4.68 Å². The molecular weight excluding hydrogens is 576 g/mol. The maximum Gasteiger partial charge on any atom is 0.404 e. The van der Waals surface area contributed by atoms with Crippen LogP contribution in [0.5, 0.6) is 0 Å². The van der Waals surface area contributed by atoms with E-state index in [1.54, 1.807) is 19.2 Å². The Labute approximate surface area is 259 Å². The van der Waals surface area contributed by atoms with Crippen LogP contribution in [-0.4, -0.2) is 73.1 Å². The second kappa shape index (κ2) is 12.3. The number of nitriles is 1. The van der Waals surface area contributed by atoms with Crippen molar-refractivity contribution in [3.05, 3.63) is 72.6 Å². The largest absolute Gasteiger partial charge is 0.465 e. The van der Waals surface area contributed by atoms with Gasteiger partial charge in [-0.25, -0.2) is 13.2 Å². The van der Waals surface area contributed by atoms with Crippen molar-refractivity contribution in [1.29, 1.82) is 5.26 Å². The normalized spacial score (nSPS) is 23.0. The maximum absolute atomic E-state index is 12.9. The molecule has 1 amide bonds. The van der Waals surface area contributed by atoms with Crippen molar-refractivity contribution in [2.45, 2.75) is 53.4 Å². The topological polar surface area (TPSA) is 132 Å². The summed E-state index contributed by atoms with van der Waals surface area (Å²) in [6.45, 7) is 4.68. The summed E-state index contributed by atoms with van der Waals surface area (Å²) < 4.78 is 27.3. The second-order valence-electron chi connectivity index (χ2n) is 12.6. The molecule has 1 saturated carbocycles. The highest BCUT2D eigenvalue weighted by Gasteiger charge is 2.52. The standard InChI is InChI=1S/C33H40N6O4S/c1-37-22-29(18-35-37)44(42,43)28-12-10-27(11-13-28)39-20-24(21-39)19-38-16-14-26(15-17-38)33(23-34,25-6-3-2-4-7-25)30-8-5-9-31(30)36-32(40)41/h2-4,6-7,10-13,18,22,24,26,30-31,36H,5,8-9,14-17,19-21H2,1H3,(H,40,41)/t30-,31-,33?/m1/s1. The molecule has 3 aromatic rings. The van der Waals surface area contributed by atoms with Gasteiger partial charge in [0.15, 0.2) is 0 Å². The number of piperidine rings is 1. The molecule has 2 aromatic carbocycles. The zero-order chi connectivity index (χ0) is 30.9. The Morgan fingerprint density at radius 3 is 2.36 bits per heavy atom. The molecule has 10 nitrogen and oxygen atoms in total. The number of nitrogens with one attached hydrogen (secondary N) is 1. The number of rotatable bonds is 9. The Bertz CT molecular complexity index is 1610. The number of hydrogen-bond acceptors (Lipinski definition) is 7. The zero-order valence-corrected chi connectivity index (χ0v) is 25.9. The molecule has 2 N–H and O–H groups in total. The molecule has 3 aliphatic rings. The van der Waals surface area contributed by atoms with Crippen molar-refractivity contribution in [2.75, 3.05) is 37.6 Å². The third-order valence-corrected chi connectivity index (χ3v) is 11.8. The summed E-state index contributed by atoms with van der Waals surface area (Å²) in [5, 5.41) is 27.1. The molecule has 11 heteroatoms. The van der Waals surface area contributed by atoms with Gasteiger partial charge in [0.05, 0.1) is 22.6 Å². The van der Waals surface area contributed by atoms with E-state index >= 15 is 0 Å². The van der Waals surface area contributed by atoms with E-state index < -0.39 is 21.3 Å². The molecule has 3 heterocycles. The van der Waals surface area contributed by atoms with Crippen LogP contribution in [-0.2, 0) is 22.3 Å². The Hall–Kier alpha value is -3.88. The summed E-state index contributed by atoms with van der Waals surface area (Å²) in [4.78, 5) is 16.8. The van der Waals surface area contributed by atoms with Gasteiger partial charge in [0.25, 0.3) is 0 Å². The van der Waals surface area contributed by atoms with Crippen LogP contribution in [0, 0.1) is 29.1 Å². The van der Waals surface area contributed by atoms with Crippen molar-refractivity contribution in [2.24, 2.45) is 24.8 Å². The minimum atomic E-state index is -3.59. The van der Waals surface area contributed by atoms with Gasteiger partial charge in [-0.05, 0) is 74.5 Å². The highest BCUT2D eigenvalue weighted by atomic mass is 32.2. The van der Waals surface area contributed by atoms with Crippen LogP contribution in [0.15, 0.2) is 76.8 Å². The maximum atomic E-state index is 12.9. The minimum absolute atomic E-state index is 0.0477. The predicted molar refractivity (Wildman–Crippen MR) is 166 cm³/mol. The van der Waals surface area contributed by atoms with Crippen LogP contribution in [0.1, 0.15) is 37.7 Å². The fraction of sp³-hybridized carbons (Fsp3) is 0.485. The van der Waals surface area contributed by atoms with E-state index in [1.807, 2.05) is 30.3 Å². The first-order valence-corrected chi connectivity index (χ1v) is 17.0. The van der Waals surface area contributed by atoms with Gasteiger partial charge in [-0.2, -0.15) is 10.4 Å². The summed E-state index contributed by atoms with van der Waals surface area (Å²) in [6, 6.07) is 19.7. The number of sulfone groups is 1. The smallest absolute Gasteiger partial charge is 0.404 e. The van der Waals surface area contributed by atoms with E-state index in [-0.39, 0.29) is 27.7 Å². The molecule has 6 rings (SSSR count). The molecule has 2 saturated heterocycles. The Morgan fingerprint density at radius 2 is 1.75 bits per heavy atom. The number of carbonyl (C=O) groups is 1. The number of aromatic nitrogens is 2. The monoisotopic (exact) mass is 616 g/mol. The molecule has 3 fully saturated rings. The summed E-state index contributed by atoms with van der Waals surface area (Å²) >= 11 is 0. The van der Waals surface area contributed by atoms with Crippen LogP contribution in [0.2, 0.25) is 0 Å². The van der Waals surface area contributed by atoms with E-state index in [0.717, 1.165) is 76.1 Å². The Balaban J connectivity index is 1.06. The first kappa shape index (κ1) is 30.2. The second-order valence-corrected chi connectivity index (χ2v) is 14.6. The highest BCUT2D eigenvalue weighted by molar-refractivity contribution is 7.91. The van der Waals surface area contributed by atoms with E-state index in [0.29, 0.717) is 5.92 Å². The van der Waals surface area contributed by atoms with E-state index in [4.69, 9.17) is 0 Å². The van der Waals surface area contributed by atoms with Crippen molar-refractivity contribution < 1.29 is 18.3 Å². The number of carboxylic acid groups (broad SMARTS) is 1. The van der Waals surface area contributed by atoms with Crippen LogP contribution in [0.3, 0.4) is 0 Å². The molecule has 232 valence electrons. The van der Waals surface area contributed by atoms with Gasteiger partial charge >= 0.3 is 6.09 Å². The number of hydrogen-bond donors (Lipinski definition) is 2. The number of nitrogens with zero attached hydrogens (tertiary/aromatic N) is 5. The quantitative estimate of drug-likeness (QED) is 0.364. The summed E-state index contributed by atoms with van der Waals surface area (Å²) in [6.07, 6.45) is 6.22. The van der Waals surface area contributed by atoms with E-state index in [1.165, 1.54) is 17.1 Å². The molecule has 2 aliphatic heterocycles. The molecule has 44 heavy (non-hydrogen) atoms. The van der Waals surface area contributed by atoms with Crippen LogP contribution in [0.4, 0.5) is 10.5 Å². The average Bonchev–Trinajstić information content (AvgIpc) is 3.66. The van der Waals surface area contributed by atoms with E-state index in [9.17, 15) is 23.6 Å². The fourth-order valence-corrected chi connectivity index (χ4v) is 9.13. The lowest BCUT2D eigenvalue weighted by Crippen LogP contribution is -2.55. The van der Waals surface area contributed by atoms with E-state index in [2.05, 4.69) is 38.4 Å². The lowest BCUT2D eigenvalue weighted by atomic mass is 9.59. The zero-order valence-electron chi connectivity index (χ0n) is 25.0. The van der Waals surface area contributed by atoms with Crippen molar-refractivity contribution in [3.63, 3.8) is 0 Å². The summed E-state index contributed by atoms with van der Waals surface area (Å²) in [5.41, 5.74) is 1.31. The third kappa shape index (κ3) is 5.69. The first-order valence-electron chi connectivity index (χ1n) is 15.5. The van der Waals surface area contributed by atoms with Gasteiger partial charge in [0.1, 0.15) is 4.90 Å². The molecule has 3 atom stereocenters. The van der Waals surface area contributed by atoms with Gasteiger partial charge in [0.2, 0.25) is 9.84 Å². The van der Waals surface area contributed by atoms with Crippen LogP contribution < -0.4 is 10.2 Å².